The van der Waals surface area contributed by atoms with Gasteiger partial charge in [-0.2, -0.15) is 0 Å². The van der Waals surface area contributed by atoms with E-state index >= 15 is 0 Å². The van der Waals surface area contributed by atoms with Crippen LogP contribution in [0.4, 0.5) is 0 Å². The molecule has 0 unspecified atom stereocenters. The Bertz CT molecular complexity index is 99.4. The van der Waals surface area contributed by atoms with Gasteiger partial charge in [0.05, 0.1) is 0 Å². The molecule has 0 aromatic heterocycles. The van der Waals surface area contributed by atoms with Gasteiger partial charge in [-0.05, 0) is 12.3 Å². The normalized spacial score (nSPS) is 10.0. The van der Waals surface area contributed by atoms with Crippen LogP contribution in [0.2, 0.25) is 0 Å². The highest BCUT2D eigenvalue weighted by atomic mass is 16.1. The van der Waals surface area contributed by atoms with Crippen LogP contribution >= 0.6 is 0 Å². The molecule has 1 N–H and O–H groups in total. The average molecular weight is 143 g/mol. The number of amides is 1. The topological polar surface area (TPSA) is 29.1 Å². The summed E-state index contributed by atoms with van der Waals surface area (Å²) < 4.78 is 0. The summed E-state index contributed by atoms with van der Waals surface area (Å²) in [5.41, 5.74) is 0. The van der Waals surface area contributed by atoms with Crippen molar-refractivity contribution in [2.24, 2.45) is 5.92 Å². The number of nitrogens with one attached hydrogen (secondary N) is 1. The van der Waals surface area contributed by atoms with Crippen molar-refractivity contribution >= 4 is 5.91 Å². The van der Waals surface area contributed by atoms with Crippen molar-refractivity contribution in [3.05, 3.63) is 0 Å². The SMILES string of the molecule is CNC(=O)CCCC(C)C. The van der Waals surface area contributed by atoms with Crippen LogP contribution in [0.1, 0.15) is 33.1 Å². The Morgan fingerprint density at radius 3 is 2.50 bits per heavy atom. The van der Waals surface area contributed by atoms with Crippen LogP contribution in [0, 0.1) is 5.92 Å². The molecule has 0 heterocycles. The number of rotatable bonds is 4. The van der Waals surface area contributed by atoms with Gasteiger partial charge in [-0.25, -0.2) is 0 Å². The first kappa shape index (κ1) is 9.47. The van der Waals surface area contributed by atoms with Crippen molar-refractivity contribution in [1.82, 2.24) is 5.32 Å². The van der Waals surface area contributed by atoms with E-state index in [1.165, 1.54) is 0 Å². The molecule has 0 aromatic carbocycles. The zero-order valence-electron chi connectivity index (χ0n) is 7.11. The van der Waals surface area contributed by atoms with E-state index in [0.29, 0.717) is 12.3 Å². The van der Waals surface area contributed by atoms with Crippen LogP contribution in [0.25, 0.3) is 0 Å². The molecule has 0 fully saturated rings. The number of carbonyl (C=O) groups excluding carboxylic acids is 1. The van der Waals surface area contributed by atoms with Crippen LogP contribution in [0.15, 0.2) is 0 Å². The summed E-state index contributed by atoms with van der Waals surface area (Å²) in [6.45, 7) is 4.34. The van der Waals surface area contributed by atoms with Crippen molar-refractivity contribution in [2.45, 2.75) is 33.1 Å². The molecule has 0 rings (SSSR count). The molecule has 60 valence electrons. The molecule has 0 aliphatic heterocycles. The maximum atomic E-state index is 10.7. The van der Waals surface area contributed by atoms with Crippen LogP contribution in [0.5, 0.6) is 0 Å². The fourth-order valence-corrected chi connectivity index (χ4v) is 0.796. The van der Waals surface area contributed by atoms with Crippen molar-refractivity contribution in [3.63, 3.8) is 0 Å². The van der Waals surface area contributed by atoms with Crippen LogP contribution < -0.4 is 5.32 Å². The highest BCUT2D eigenvalue weighted by Crippen LogP contribution is 2.05. The second-order valence-corrected chi connectivity index (χ2v) is 2.96. The third-order valence-corrected chi connectivity index (χ3v) is 1.46. The maximum Gasteiger partial charge on any atom is 0.219 e. The maximum absolute atomic E-state index is 10.7. The Kier molecular flexibility index (Phi) is 4.99. The quantitative estimate of drug-likeness (QED) is 0.635. The predicted octanol–water partition coefficient (Wildman–Crippen LogP) is 1.56. The van der Waals surface area contributed by atoms with Gasteiger partial charge in [0.15, 0.2) is 0 Å². The molecule has 0 aromatic rings. The van der Waals surface area contributed by atoms with Crippen molar-refractivity contribution in [3.8, 4) is 0 Å². The molecule has 0 saturated heterocycles. The average Bonchev–Trinajstić information content (AvgIpc) is 1.87. The first-order valence-electron chi connectivity index (χ1n) is 3.87. The summed E-state index contributed by atoms with van der Waals surface area (Å²) in [4.78, 5) is 10.7. The van der Waals surface area contributed by atoms with E-state index in [1.54, 1.807) is 7.05 Å². The Morgan fingerprint density at radius 2 is 2.10 bits per heavy atom. The standard InChI is InChI=1S/C8H17NO/c1-7(2)5-4-6-8(10)9-3/h7H,4-6H2,1-3H3,(H,9,10). The molecule has 0 radical (unpaired) electrons. The van der Waals surface area contributed by atoms with Gasteiger partial charge in [0.1, 0.15) is 0 Å². The van der Waals surface area contributed by atoms with E-state index < -0.39 is 0 Å². The minimum absolute atomic E-state index is 0.153. The summed E-state index contributed by atoms with van der Waals surface area (Å²) in [5.74, 6) is 0.866. The van der Waals surface area contributed by atoms with E-state index in [-0.39, 0.29) is 5.91 Å². The zero-order valence-corrected chi connectivity index (χ0v) is 7.11. The van der Waals surface area contributed by atoms with E-state index in [9.17, 15) is 4.79 Å². The molecule has 0 spiro atoms. The van der Waals surface area contributed by atoms with E-state index in [1.807, 2.05) is 0 Å². The zero-order chi connectivity index (χ0) is 7.98. The minimum Gasteiger partial charge on any atom is -0.359 e. The first-order chi connectivity index (χ1) is 4.66. The Hall–Kier alpha value is -0.530. The summed E-state index contributed by atoms with van der Waals surface area (Å²) in [7, 11) is 1.68. The molecule has 1 amide bonds. The second kappa shape index (κ2) is 5.27. The third kappa shape index (κ3) is 5.60. The van der Waals surface area contributed by atoms with Gasteiger partial charge in [0.2, 0.25) is 5.91 Å². The summed E-state index contributed by atoms with van der Waals surface area (Å²) in [5, 5.41) is 2.60. The summed E-state index contributed by atoms with van der Waals surface area (Å²) >= 11 is 0. The summed E-state index contributed by atoms with van der Waals surface area (Å²) in [6, 6.07) is 0. The third-order valence-electron chi connectivity index (χ3n) is 1.46. The molecule has 2 heteroatoms. The highest BCUT2D eigenvalue weighted by Gasteiger charge is 1.98. The van der Waals surface area contributed by atoms with E-state index in [2.05, 4.69) is 19.2 Å². The lowest BCUT2D eigenvalue weighted by molar-refractivity contribution is -0.120. The van der Waals surface area contributed by atoms with Gasteiger partial charge < -0.3 is 5.32 Å². The van der Waals surface area contributed by atoms with Gasteiger partial charge in [-0.1, -0.05) is 20.3 Å². The fourth-order valence-electron chi connectivity index (χ4n) is 0.796. The molecule has 0 bridgehead atoms. The lowest BCUT2D eigenvalue weighted by atomic mass is 10.1. The van der Waals surface area contributed by atoms with Gasteiger partial charge >= 0.3 is 0 Å². The molecule has 0 saturated carbocycles. The van der Waals surface area contributed by atoms with Crippen molar-refractivity contribution in [1.29, 1.82) is 0 Å². The van der Waals surface area contributed by atoms with Crippen LogP contribution in [-0.4, -0.2) is 13.0 Å². The number of hydrogen-bond donors (Lipinski definition) is 1. The smallest absolute Gasteiger partial charge is 0.219 e. The van der Waals surface area contributed by atoms with Gasteiger partial charge in [-0.15, -0.1) is 0 Å². The number of hydrogen-bond acceptors (Lipinski definition) is 1. The predicted molar refractivity (Wildman–Crippen MR) is 42.8 cm³/mol. The van der Waals surface area contributed by atoms with Crippen molar-refractivity contribution in [2.75, 3.05) is 7.05 Å². The monoisotopic (exact) mass is 143 g/mol. The van der Waals surface area contributed by atoms with Gasteiger partial charge in [0, 0.05) is 13.5 Å². The Balaban J connectivity index is 3.12. The van der Waals surface area contributed by atoms with E-state index in [4.69, 9.17) is 0 Å². The Morgan fingerprint density at radius 1 is 1.50 bits per heavy atom. The highest BCUT2D eigenvalue weighted by molar-refractivity contribution is 5.75. The van der Waals surface area contributed by atoms with Crippen molar-refractivity contribution < 1.29 is 4.79 Å². The lowest BCUT2D eigenvalue weighted by Crippen LogP contribution is -2.17. The first-order valence-corrected chi connectivity index (χ1v) is 3.87. The fraction of sp³-hybridized carbons (Fsp3) is 0.875. The molecular weight excluding hydrogens is 126 g/mol. The molecule has 0 atom stereocenters. The largest absolute Gasteiger partial charge is 0.359 e. The Labute approximate surface area is 63.0 Å². The molecule has 0 aliphatic rings. The molecule has 2 nitrogen and oxygen atoms in total. The second-order valence-electron chi connectivity index (χ2n) is 2.96. The number of carbonyl (C=O) groups is 1. The lowest BCUT2D eigenvalue weighted by Gasteiger charge is -2.02. The van der Waals surface area contributed by atoms with Crippen LogP contribution in [0.3, 0.4) is 0 Å². The molecule has 10 heavy (non-hydrogen) atoms. The van der Waals surface area contributed by atoms with Crippen LogP contribution in [-0.2, 0) is 4.79 Å². The minimum atomic E-state index is 0.153. The summed E-state index contributed by atoms with van der Waals surface area (Å²) in [6.07, 6.45) is 2.83. The van der Waals surface area contributed by atoms with Gasteiger partial charge in [0.25, 0.3) is 0 Å². The van der Waals surface area contributed by atoms with E-state index in [0.717, 1.165) is 12.8 Å². The molecule has 0 aliphatic carbocycles. The van der Waals surface area contributed by atoms with Gasteiger partial charge in [-0.3, -0.25) is 4.79 Å². The molecular formula is C8H17NO.